The van der Waals surface area contributed by atoms with E-state index in [-0.39, 0.29) is 5.41 Å². The summed E-state index contributed by atoms with van der Waals surface area (Å²) in [4.78, 5) is 14.7. The summed E-state index contributed by atoms with van der Waals surface area (Å²) in [5, 5.41) is 4.28. The predicted molar refractivity (Wildman–Crippen MR) is 78.0 cm³/mol. The molecule has 3 rings (SSSR count). The highest BCUT2D eigenvalue weighted by Gasteiger charge is 2.40. The van der Waals surface area contributed by atoms with Gasteiger partial charge in [-0.15, -0.1) is 0 Å². The van der Waals surface area contributed by atoms with Gasteiger partial charge in [-0.25, -0.2) is 0 Å². The van der Waals surface area contributed by atoms with E-state index < -0.39 is 0 Å². The Morgan fingerprint density at radius 3 is 2.89 bits per heavy atom. The monoisotopic (exact) mass is 278 g/mol. The Morgan fingerprint density at radius 1 is 1.47 bits per heavy atom. The van der Waals surface area contributed by atoms with Gasteiger partial charge in [-0.05, 0) is 60.0 Å². The van der Waals surface area contributed by atoms with Gasteiger partial charge in [-0.3, -0.25) is 4.79 Å². The topological polar surface area (TPSA) is 46.3 Å². The molecule has 1 unspecified atom stereocenters. The Bertz CT molecular complexity index is 433. The van der Waals surface area contributed by atoms with Gasteiger partial charge < -0.3 is 10.6 Å². The maximum Gasteiger partial charge on any atom is 0.223 e. The van der Waals surface area contributed by atoms with Crippen molar-refractivity contribution in [3.05, 3.63) is 22.4 Å². The minimum Gasteiger partial charge on any atom is -0.336 e. The number of amides is 1. The number of thiophene rings is 1. The van der Waals surface area contributed by atoms with Crippen LogP contribution in [0, 0.1) is 5.41 Å². The van der Waals surface area contributed by atoms with Crippen molar-refractivity contribution in [2.45, 2.75) is 44.6 Å². The first-order valence-electron chi connectivity index (χ1n) is 7.26. The molecule has 1 atom stereocenters. The summed E-state index contributed by atoms with van der Waals surface area (Å²) in [5.74, 6) is 0.318. The molecule has 1 saturated carbocycles. The van der Waals surface area contributed by atoms with Crippen LogP contribution >= 0.6 is 11.3 Å². The van der Waals surface area contributed by atoms with Crippen molar-refractivity contribution >= 4 is 17.2 Å². The van der Waals surface area contributed by atoms with Crippen molar-refractivity contribution in [2.24, 2.45) is 11.1 Å². The molecule has 4 heteroatoms. The van der Waals surface area contributed by atoms with Crippen molar-refractivity contribution in [2.75, 3.05) is 13.1 Å². The lowest BCUT2D eigenvalue weighted by Crippen LogP contribution is -2.43. The Kier molecular flexibility index (Phi) is 3.63. The zero-order valence-electron chi connectivity index (χ0n) is 11.3. The average molecular weight is 278 g/mol. The molecule has 104 valence electrons. The minimum absolute atomic E-state index is 0.124. The second kappa shape index (κ2) is 5.25. The molecule has 0 bridgehead atoms. The normalized spacial score (nSPS) is 25.3. The quantitative estimate of drug-likeness (QED) is 0.920. The maximum absolute atomic E-state index is 12.6. The average Bonchev–Trinajstić information content (AvgIpc) is 3.02. The van der Waals surface area contributed by atoms with Gasteiger partial charge in [0, 0.05) is 13.0 Å². The first kappa shape index (κ1) is 13.1. The van der Waals surface area contributed by atoms with Crippen LogP contribution in [-0.4, -0.2) is 23.9 Å². The number of carbonyl (C=O) groups is 1. The molecule has 1 saturated heterocycles. The van der Waals surface area contributed by atoms with E-state index in [1.54, 1.807) is 11.3 Å². The van der Waals surface area contributed by atoms with Gasteiger partial charge in [0.25, 0.3) is 0 Å². The van der Waals surface area contributed by atoms with Gasteiger partial charge in [0.05, 0.1) is 6.04 Å². The Hall–Kier alpha value is -0.870. The number of hydrogen-bond donors (Lipinski definition) is 1. The molecule has 3 nitrogen and oxygen atoms in total. The van der Waals surface area contributed by atoms with Crippen LogP contribution in [0.2, 0.25) is 0 Å². The summed E-state index contributed by atoms with van der Waals surface area (Å²) in [6.45, 7) is 1.58. The van der Waals surface area contributed by atoms with Crippen molar-refractivity contribution < 1.29 is 4.79 Å². The summed E-state index contributed by atoms with van der Waals surface area (Å²) < 4.78 is 0. The van der Waals surface area contributed by atoms with Gasteiger partial charge in [0.2, 0.25) is 5.91 Å². The number of nitrogens with two attached hydrogens (primary N) is 1. The third-order valence-electron chi connectivity index (χ3n) is 4.87. The zero-order chi connectivity index (χ0) is 13.3. The molecule has 0 spiro atoms. The van der Waals surface area contributed by atoms with Gasteiger partial charge in [0.15, 0.2) is 0 Å². The molecule has 1 aliphatic heterocycles. The fourth-order valence-electron chi connectivity index (χ4n) is 3.43. The van der Waals surface area contributed by atoms with Crippen LogP contribution in [0.5, 0.6) is 0 Å². The molecule has 2 fully saturated rings. The summed E-state index contributed by atoms with van der Waals surface area (Å²) >= 11 is 1.72. The maximum atomic E-state index is 12.6. The molecule has 1 amide bonds. The highest BCUT2D eigenvalue weighted by molar-refractivity contribution is 7.07. The Labute approximate surface area is 118 Å². The van der Waals surface area contributed by atoms with Crippen LogP contribution in [-0.2, 0) is 4.79 Å². The van der Waals surface area contributed by atoms with Gasteiger partial charge in [-0.1, -0.05) is 6.42 Å². The van der Waals surface area contributed by atoms with E-state index >= 15 is 0 Å². The molecule has 2 N–H and O–H groups in total. The Balaban J connectivity index is 1.69. The third kappa shape index (κ3) is 2.43. The van der Waals surface area contributed by atoms with E-state index in [9.17, 15) is 4.79 Å². The highest BCUT2D eigenvalue weighted by atomic mass is 32.1. The summed E-state index contributed by atoms with van der Waals surface area (Å²) in [6.07, 6.45) is 6.39. The first-order valence-corrected chi connectivity index (χ1v) is 8.20. The Morgan fingerprint density at radius 2 is 2.32 bits per heavy atom. The standard InChI is InChI=1S/C15H22N2OS/c16-11-15(5-2-6-15)9-14(18)17-7-1-3-13(17)12-4-8-19-10-12/h4,8,10,13H,1-3,5-7,9,11,16H2. The second-order valence-corrected chi connectivity index (χ2v) is 6.82. The SMILES string of the molecule is NCC1(CC(=O)N2CCCC2c2ccsc2)CCC1. The molecule has 19 heavy (non-hydrogen) atoms. The smallest absolute Gasteiger partial charge is 0.223 e. The van der Waals surface area contributed by atoms with E-state index in [4.69, 9.17) is 5.73 Å². The molecule has 0 aromatic carbocycles. The predicted octanol–water partition coefficient (Wildman–Crippen LogP) is 2.93. The van der Waals surface area contributed by atoms with E-state index in [2.05, 4.69) is 21.7 Å². The summed E-state index contributed by atoms with van der Waals surface area (Å²) in [7, 11) is 0. The van der Waals surface area contributed by atoms with Gasteiger partial charge in [0.1, 0.15) is 0 Å². The molecule has 1 aromatic heterocycles. The lowest BCUT2D eigenvalue weighted by atomic mass is 9.66. The molecule has 2 heterocycles. The van der Waals surface area contributed by atoms with Crippen LogP contribution in [0.15, 0.2) is 16.8 Å². The van der Waals surface area contributed by atoms with Crippen LogP contribution in [0.25, 0.3) is 0 Å². The molecular formula is C15H22N2OS. The van der Waals surface area contributed by atoms with Crippen molar-refractivity contribution in [1.29, 1.82) is 0 Å². The highest BCUT2D eigenvalue weighted by Crippen LogP contribution is 2.44. The van der Waals surface area contributed by atoms with Crippen molar-refractivity contribution in [3.8, 4) is 0 Å². The molecular weight excluding hydrogens is 256 g/mol. The summed E-state index contributed by atoms with van der Waals surface area (Å²) in [5.41, 5.74) is 7.31. The zero-order valence-corrected chi connectivity index (χ0v) is 12.1. The minimum atomic E-state index is 0.124. The van der Waals surface area contributed by atoms with Crippen LogP contribution in [0.3, 0.4) is 0 Å². The molecule has 1 aliphatic carbocycles. The van der Waals surface area contributed by atoms with Crippen molar-refractivity contribution in [1.82, 2.24) is 4.90 Å². The van der Waals surface area contributed by atoms with Crippen molar-refractivity contribution in [3.63, 3.8) is 0 Å². The molecule has 0 radical (unpaired) electrons. The summed E-state index contributed by atoms with van der Waals surface area (Å²) in [6, 6.07) is 2.47. The molecule has 2 aliphatic rings. The number of carbonyl (C=O) groups excluding carboxylic acids is 1. The molecule has 1 aromatic rings. The largest absolute Gasteiger partial charge is 0.336 e. The lowest BCUT2D eigenvalue weighted by Gasteiger charge is -2.41. The van der Waals surface area contributed by atoms with Gasteiger partial charge in [-0.2, -0.15) is 11.3 Å². The van der Waals surface area contributed by atoms with E-state index in [0.717, 1.165) is 32.2 Å². The van der Waals surface area contributed by atoms with Crippen LogP contribution in [0.1, 0.15) is 50.1 Å². The van der Waals surface area contributed by atoms with Crippen LogP contribution in [0.4, 0.5) is 0 Å². The number of hydrogen-bond acceptors (Lipinski definition) is 3. The fourth-order valence-corrected chi connectivity index (χ4v) is 4.14. The second-order valence-electron chi connectivity index (χ2n) is 6.04. The lowest BCUT2D eigenvalue weighted by molar-refractivity contribution is -0.136. The number of nitrogens with zero attached hydrogens (tertiary/aromatic N) is 1. The first-order chi connectivity index (χ1) is 9.24. The van der Waals surface area contributed by atoms with E-state index in [0.29, 0.717) is 24.9 Å². The van der Waals surface area contributed by atoms with Crippen LogP contribution < -0.4 is 5.73 Å². The van der Waals surface area contributed by atoms with E-state index in [1.165, 1.54) is 12.0 Å². The third-order valence-corrected chi connectivity index (χ3v) is 5.58. The van der Waals surface area contributed by atoms with E-state index in [1.807, 2.05) is 0 Å². The fraction of sp³-hybridized carbons (Fsp3) is 0.667. The number of likely N-dealkylation sites (tertiary alicyclic amines) is 1. The number of rotatable bonds is 4. The van der Waals surface area contributed by atoms with Gasteiger partial charge >= 0.3 is 0 Å².